The summed E-state index contributed by atoms with van der Waals surface area (Å²) in [7, 11) is 0. The smallest absolute Gasteiger partial charge is 0.261 e. The van der Waals surface area contributed by atoms with E-state index in [0.29, 0.717) is 23.5 Å². The molecule has 0 saturated carbocycles. The van der Waals surface area contributed by atoms with Crippen molar-refractivity contribution in [3.8, 4) is 5.69 Å². The summed E-state index contributed by atoms with van der Waals surface area (Å²) in [5, 5.41) is 4.25. The van der Waals surface area contributed by atoms with E-state index in [0.717, 1.165) is 16.8 Å². The predicted octanol–water partition coefficient (Wildman–Crippen LogP) is 4.60. The van der Waals surface area contributed by atoms with Crippen LogP contribution in [0.3, 0.4) is 0 Å². The molecular formula is C21H22FN3O. The van der Waals surface area contributed by atoms with Gasteiger partial charge in [0, 0.05) is 12.2 Å². The summed E-state index contributed by atoms with van der Waals surface area (Å²) in [6, 6.07) is 12.4. The van der Waals surface area contributed by atoms with E-state index in [2.05, 4.69) is 5.10 Å². The third-order valence-electron chi connectivity index (χ3n) is 4.54. The number of amides is 1. The maximum Gasteiger partial charge on any atom is 0.261 e. The Labute approximate surface area is 152 Å². The summed E-state index contributed by atoms with van der Waals surface area (Å²) in [4.78, 5) is 14.9. The quantitative estimate of drug-likeness (QED) is 0.689. The number of aromatic nitrogens is 2. The molecule has 4 nitrogen and oxygen atoms in total. The van der Waals surface area contributed by atoms with E-state index < -0.39 is 0 Å². The van der Waals surface area contributed by atoms with Crippen LogP contribution in [0.4, 0.5) is 10.1 Å². The fourth-order valence-electron chi connectivity index (χ4n) is 3.06. The van der Waals surface area contributed by atoms with Gasteiger partial charge in [0.1, 0.15) is 11.5 Å². The van der Waals surface area contributed by atoms with E-state index in [4.69, 9.17) is 0 Å². The molecule has 0 unspecified atom stereocenters. The van der Waals surface area contributed by atoms with Crippen molar-refractivity contribution < 1.29 is 9.18 Å². The van der Waals surface area contributed by atoms with Crippen molar-refractivity contribution in [3.63, 3.8) is 0 Å². The van der Waals surface area contributed by atoms with Crippen molar-refractivity contribution in [2.45, 2.75) is 27.7 Å². The molecule has 0 bridgehead atoms. The van der Waals surface area contributed by atoms with E-state index >= 15 is 0 Å². The molecule has 1 aromatic heterocycles. The maximum atomic E-state index is 14.1. The monoisotopic (exact) mass is 351 g/mol. The van der Waals surface area contributed by atoms with Gasteiger partial charge in [0.05, 0.1) is 17.5 Å². The number of halogens is 1. The summed E-state index contributed by atoms with van der Waals surface area (Å²) in [6.07, 6.45) is 1.51. The number of carbonyl (C=O) groups is 1. The Bertz CT molecular complexity index is 962. The second-order valence-electron chi connectivity index (χ2n) is 6.35. The number of anilines is 1. The van der Waals surface area contributed by atoms with Crippen LogP contribution in [0.2, 0.25) is 0 Å². The van der Waals surface area contributed by atoms with Crippen LogP contribution < -0.4 is 4.90 Å². The highest BCUT2D eigenvalue weighted by molar-refractivity contribution is 6.07. The summed E-state index contributed by atoms with van der Waals surface area (Å²) < 4.78 is 15.6. The molecule has 0 radical (unpaired) electrons. The van der Waals surface area contributed by atoms with Gasteiger partial charge in [-0.1, -0.05) is 24.3 Å². The molecule has 0 atom stereocenters. The van der Waals surface area contributed by atoms with E-state index in [9.17, 15) is 9.18 Å². The minimum Gasteiger partial charge on any atom is -0.308 e. The molecule has 0 aliphatic heterocycles. The Balaban J connectivity index is 2.02. The SMILES string of the molecule is CCN(C(=O)c1cnn(-c2ccccc2F)c1C)c1cc(C)ccc1C. The van der Waals surface area contributed by atoms with Crippen LogP contribution in [-0.2, 0) is 0 Å². The molecule has 0 N–H and O–H groups in total. The molecular weight excluding hydrogens is 329 g/mol. The van der Waals surface area contributed by atoms with Gasteiger partial charge in [0.15, 0.2) is 0 Å². The number of benzene rings is 2. The zero-order chi connectivity index (χ0) is 18.8. The second-order valence-corrected chi connectivity index (χ2v) is 6.35. The minimum atomic E-state index is -0.375. The normalized spacial score (nSPS) is 10.8. The van der Waals surface area contributed by atoms with Gasteiger partial charge in [0.2, 0.25) is 0 Å². The van der Waals surface area contributed by atoms with Crippen LogP contribution >= 0.6 is 0 Å². The van der Waals surface area contributed by atoms with Gasteiger partial charge < -0.3 is 4.90 Å². The van der Waals surface area contributed by atoms with Crippen molar-refractivity contribution in [2.75, 3.05) is 11.4 Å². The Morgan fingerprint density at radius 3 is 2.58 bits per heavy atom. The lowest BCUT2D eigenvalue weighted by Gasteiger charge is -2.23. The molecule has 0 saturated heterocycles. The van der Waals surface area contributed by atoms with E-state index in [-0.39, 0.29) is 11.7 Å². The summed E-state index contributed by atoms with van der Waals surface area (Å²) >= 11 is 0. The van der Waals surface area contributed by atoms with Gasteiger partial charge in [-0.05, 0) is 57.0 Å². The van der Waals surface area contributed by atoms with E-state index in [1.165, 1.54) is 16.9 Å². The van der Waals surface area contributed by atoms with Crippen LogP contribution in [0.15, 0.2) is 48.7 Å². The molecule has 3 aromatic rings. The van der Waals surface area contributed by atoms with E-state index in [1.807, 2.05) is 39.0 Å². The number of carbonyl (C=O) groups excluding carboxylic acids is 1. The second kappa shape index (κ2) is 7.12. The van der Waals surface area contributed by atoms with Crippen molar-refractivity contribution in [3.05, 3.63) is 76.9 Å². The zero-order valence-electron chi connectivity index (χ0n) is 15.5. The van der Waals surface area contributed by atoms with Crippen molar-refractivity contribution in [1.29, 1.82) is 0 Å². The third kappa shape index (κ3) is 3.12. The van der Waals surface area contributed by atoms with Crippen molar-refractivity contribution in [1.82, 2.24) is 9.78 Å². The first-order valence-corrected chi connectivity index (χ1v) is 8.62. The number of aryl methyl sites for hydroxylation is 2. The first-order valence-electron chi connectivity index (χ1n) is 8.62. The van der Waals surface area contributed by atoms with Crippen LogP contribution in [0.25, 0.3) is 5.69 Å². The summed E-state index contributed by atoms with van der Waals surface area (Å²) in [5.74, 6) is -0.513. The average molecular weight is 351 g/mol. The van der Waals surface area contributed by atoms with E-state index in [1.54, 1.807) is 30.0 Å². The van der Waals surface area contributed by atoms with Gasteiger partial charge in [0.25, 0.3) is 5.91 Å². The lowest BCUT2D eigenvalue weighted by atomic mass is 10.1. The molecule has 1 amide bonds. The van der Waals surface area contributed by atoms with Crippen LogP contribution in [0.5, 0.6) is 0 Å². The maximum absolute atomic E-state index is 14.1. The molecule has 0 spiro atoms. The highest BCUT2D eigenvalue weighted by Crippen LogP contribution is 2.25. The average Bonchev–Trinajstić information content (AvgIpc) is 3.00. The third-order valence-corrected chi connectivity index (χ3v) is 4.54. The van der Waals surface area contributed by atoms with Crippen LogP contribution in [-0.4, -0.2) is 22.2 Å². The molecule has 134 valence electrons. The van der Waals surface area contributed by atoms with Crippen molar-refractivity contribution >= 4 is 11.6 Å². The van der Waals surface area contributed by atoms with Crippen LogP contribution in [0.1, 0.15) is 34.1 Å². The molecule has 26 heavy (non-hydrogen) atoms. The largest absolute Gasteiger partial charge is 0.308 e. The standard InChI is InChI=1S/C21H22FN3O/c1-5-24(20-12-14(2)10-11-15(20)3)21(26)17-13-23-25(16(17)4)19-9-7-6-8-18(19)22/h6-13H,5H2,1-4H3. The number of hydrogen-bond donors (Lipinski definition) is 0. The molecule has 5 heteroatoms. The van der Waals surface area contributed by atoms with Gasteiger partial charge in [-0.2, -0.15) is 5.10 Å². The Morgan fingerprint density at radius 1 is 1.15 bits per heavy atom. The molecule has 0 aliphatic carbocycles. The van der Waals surface area contributed by atoms with Gasteiger partial charge in [-0.25, -0.2) is 9.07 Å². The first kappa shape index (κ1) is 17.9. The van der Waals surface area contributed by atoms with Gasteiger partial charge in [-0.15, -0.1) is 0 Å². The zero-order valence-corrected chi connectivity index (χ0v) is 15.5. The number of rotatable bonds is 4. The number of para-hydroxylation sites is 1. The number of hydrogen-bond acceptors (Lipinski definition) is 2. The van der Waals surface area contributed by atoms with Gasteiger partial charge >= 0.3 is 0 Å². The molecule has 2 aromatic carbocycles. The predicted molar refractivity (Wildman–Crippen MR) is 102 cm³/mol. The topological polar surface area (TPSA) is 38.1 Å². The Hall–Kier alpha value is -2.95. The summed E-state index contributed by atoms with van der Waals surface area (Å²) in [6.45, 7) is 8.25. The van der Waals surface area contributed by atoms with Crippen LogP contribution in [0, 0.1) is 26.6 Å². The fraction of sp³-hybridized carbons (Fsp3) is 0.238. The first-order chi connectivity index (χ1) is 12.4. The molecule has 1 heterocycles. The molecule has 0 aliphatic rings. The Morgan fingerprint density at radius 2 is 1.88 bits per heavy atom. The fourth-order valence-corrected chi connectivity index (χ4v) is 3.06. The highest BCUT2D eigenvalue weighted by atomic mass is 19.1. The summed E-state index contributed by atoms with van der Waals surface area (Å²) in [5.41, 5.74) is 4.43. The highest BCUT2D eigenvalue weighted by Gasteiger charge is 2.23. The minimum absolute atomic E-state index is 0.138. The molecule has 0 fully saturated rings. The van der Waals surface area contributed by atoms with Gasteiger partial charge in [-0.3, -0.25) is 4.79 Å². The lowest BCUT2D eigenvalue weighted by molar-refractivity contribution is 0.0987. The number of nitrogens with zero attached hydrogens (tertiary/aromatic N) is 3. The van der Waals surface area contributed by atoms with Crippen molar-refractivity contribution in [2.24, 2.45) is 0 Å². The molecule has 3 rings (SSSR count). The lowest BCUT2D eigenvalue weighted by Crippen LogP contribution is -2.31. The Kier molecular flexibility index (Phi) is 4.89.